The summed E-state index contributed by atoms with van der Waals surface area (Å²) in [6.07, 6.45) is 1.06. The highest BCUT2D eigenvalue weighted by Crippen LogP contribution is 2.33. The Labute approximate surface area is 182 Å². The molecule has 0 spiro atoms. The lowest BCUT2D eigenvalue weighted by Crippen LogP contribution is -2.48. The van der Waals surface area contributed by atoms with Crippen molar-refractivity contribution in [2.24, 2.45) is 0 Å². The summed E-state index contributed by atoms with van der Waals surface area (Å²) >= 11 is 6.17. The molecule has 162 valence electrons. The van der Waals surface area contributed by atoms with E-state index in [-0.39, 0.29) is 6.04 Å². The summed E-state index contributed by atoms with van der Waals surface area (Å²) in [6.45, 7) is 6.16. The van der Waals surface area contributed by atoms with Gasteiger partial charge in [-0.3, -0.25) is 9.10 Å². The van der Waals surface area contributed by atoms with Gasteiger partial charge in [-0.15, -0.1) is 0 Å². The summed E-state index contributed by atoms with van der Waals surface area (Å²) in [7, 11) is -3.73. The lowest BCUT2D eigenvalue weighted by atomic mass is 10.1. The first-order valence-electron chi connectivity index (χ1n) is 9.53. The average Bonchev–Trinajstić information content (AvgIpc) is 2.69. The molecule has 1 amide bonds. The maximum absolute atomic E-state index is 12.9. The summed E-state index contributed by atoms with van der Waals surface area (Å²) in [6, 6.07) is 9.03. The van der Waals surface area contributed by atoms with E-state index in [0.717, 1.165) is 21.7 Å². The van der Waals surface area contributed by atoms with Crippen LogP contribution in [0.3, 0.4) is 0 Å². The van der Waals surface area contributed by atoms with Gasteiger partial charge in [-0.1, -0.05) is 23.7 Å². The van der Waals surface area contributed by atoms with Gasteiger partial charge in [-0.25, -0.2) is 8.42 Å². The van der Waals surface area contributed by atoms with Gasteiger partial charge >= 0.3 is 0 Å². The molecule has 30 heavy (non-hydrogen) atoms. The molecule has 0 saturated carbocycles. The third-order valence-corrected chi connectivity index (χ3v) is 6.57. The molecule has 0 radical (unpaired) electrons. The largest absolute Gasteiger partial charge is 0.486 e. The molecule has 0 bridgehead atoms. The number of carbonyl (C=O) groups is 1. The predicted molar refractivity (Wildman–Crippen MR) is 117 cm³/mol. The number of hydrogen-bond acceptors (Lipinski definition) is 5. The van der Waals surface area contributed by atoms with Gasteiger partial charge in [0, 0.05) is 5.02 Å². The van der Waals surface area contributed by atoms with Gasteiger partial charge in [0.2, 0.25) is 15.9 Å². The van der Waals surface area contributed by atoms with E-state index in [1.807, 2.05) is 26.0 Å². The molecule has 2 aromatic rings. The lowest BCUT2D eigenvalue weighted by molar-refractivity contribution is -0.122. The second-order valence-corrected chi connectivity index (χ2v) is 9.57. The monoisotopic (exact) mass is 452 g/mol. The molecule has 0 aromatic heterocycles. The molecule has 1 N–H and O–H groups in total. The van der Waals surface area contributed by atoms with E-state index in [2.05, 4.69) is 5.32 Å². The van der Waals surface area contributed by atoms with Crippen LogP contribution in [0.2, 0.25) is 5.02 Å². The van der Waals surface area contributed by atoms with Gasteiger partial charge in [-0.2, -0.15) is 0 Å². The average molecular weight is 453 g/mol. The highest BCUT2D eigenvalue weighted by atomic mass is 35.5. The minimum Gasteiger partial charge on any atom is -0.486 e. The normalized spacial score (nSPS) is 15.2. The number of amides is 1. The van der Waals surface area contributed by atoms with Gasteiger partial charge in [-0.05, 0) is 56.2 Å². The third-order valence-electron chi connectivity index (χ3n) is 4.92. The van der Waals surface area contributed by atoms with Crippen LogP contribution in [0, 0.1) is 6.92 Å². The number of fused-ring (bicyclic) bond motifs is 1. The minimum absolute atomic E-state index is 0.336. The second kappa shape index (κ2) is 8.73. The van der Waals surface area contributed by atoms with Gasteiger partial charge in [0.15, 0.2) is 11.5 Å². The highest BCUT2D eigenvalue weighted by molar-refractivity contribution is 7.92. The number of carbonyl (C=O) groups excluding carboxylic acids is 1. The molecule has 9 heteroatoms. The summed E-state index contributed by atoms with van der Waals surface area (Å²) in [5, 5.41) is 3.31. The molecule has 1 heterocycles. The predicted octanol–water partition coefficient (Wildman–Crippen LogP) is 3.45. The molecule has 0 unspecified atom stereocenters. The van der Waals surface area contributed by atoms with Gasteiger partial charge in [0.25, 0.3) is 0 Å². The number of halogens is 1. The first-order valence-corrected chi connectivity index (χ1v) is 11.8. The lowest BCUT2D eigenvalue weighted by Gasteiger charge is -2.29. The van der Waals surface area contributed by atoms with Crippen LogP contribution in [0.4, 0.5) is 5.69 Å². The van der Waals surface area contributed by atoms with Crippen LogP contribution in [0.1, 0.15) is 31.0 Å². The van der Waals surface area contributed by atoms with E-state index >= 15 is 0 Å². The van der Waals surface area contributed by atoms with Crippen molar-refractivity contribution in [1.29, 1.82) is 0 Å². The minimum atomic E-state index is -3.73. The van der Waals surface area contributed by atoms with Crippen molar-refractivity contribution in [2.75, 3.05) is 23.8 Å². The number of hydrogen-bond donors (Lipinski definition) is 1. The van der Waals surface area contributed by atoms with Crippen LogP contribution in [-0.2, 0) is 14.8 Å². The number of benzene rings is 2. The Morgan fingerprint density at radius 3 is 2.40 bits per heavy atom. The fourth-order valence-corrected chi connectivity index (χ4v) is 4.62. The third kappa shape index (κ3) is 4.82. The number of nitrogens with zero attached hydrogens (tertiary/aromatic N) is 1. The SMILES string of the molecule is Cc1ccc(N([C@H](C)C(=O)N[C@H](C)c2ccc3c(c2)OCCO3)S(C)(=O)=O)cc1Cl. The number of aryl methyl sites for hydroxylation is 1. The van der Waals surface area contributed by atoms with E-state index in [0.29, 0.717) is 35.4 Å². The van der Waals surface area contributed by atoms with Crippen molar-refractivity contribution in [2.45, 2.75) is 32.9 Å². The zero-order valence-corrected chi connectivity index (χ0v) is 18.9. The summed E-state index contributed by atoms with van der Waals surface area (Å²) in [4.78, 5) is 12.9. The molecule has 2 aromatic carbocycles. The van der Waals surface area contributed by atoms with Crippen LogP contribution >= 0.6 is 11.6 Å². The van der Waals surface area contributed by atoms with Gasteiger partial charge in [0.1, 0.15) is 19.3 Å². The van der Waals surface area contributed by atoms with Crippen molar-refractivity contribution in [3.63, 3.8) is 0 Å². The zero-order chi connectivity index (χ0) is 22.1. The standard InChI is InChI=1S/C21H25ClN2O5S/c1-13-5-7-17(12-18(13)22)24(30(4,26)27)15(3)21(25)23-14(2)16-6-8-19-20(11-16)29-10-9-28-19/h5-8,11-12,14-15H,9-10H2,1-4H3,(H,23,25)/t14-,15-/m1/s1. The van der Waals surface area contributed by atoms with Gasteiger partial charge < -0.3 is 14.8 Å². The van der Waals surface area contributed by atoms with Crippen LogP contribution in [0.5, 0.6) is 11.5 Å². The molecule has 0 saturated heterocycles. The van der Waals surface area contributed by atoms with E-state index in [1.165, 1.54) is 0 Å². The molecular formula is C21H25ClN2O5S. The molecule has 1 aliphatic heterocycles. The van der Waals surface area contributed by atoms with E-state index in [4.69, 9.17) is 21.1 Å². The maximum Gasteiger partial charge on any atom is 0.244 e. The molecule has 0 fully saturated rings. The fourth-order valence-electron chi connectivity index (χ4n) is 3.27. The zero-order valence-electron chi connectivity index (χ0n) is 17.3. The van der Waals surface area contributed by atoms with Gasteiger partial charge in [0.05, 0.1) is 18.0 Å². The Morgan fingerprint density at radius 1 is 1.10 bits per heavy atom. The summed E-state index contributed by atoms with van der Waals surface area (Å²) in [5.74, 6) is 0.857. The molecular weight excluding hydrogens is 428 g/mol. The Balaban J connectivity index is 1.80. The maximum atomic E-state index is 12.9. The number of nitrogens with one attached hydrogen (secondary N) is 1. The molecule has 0 aliphatic carbocycles. The Morgan fingerprint density at radius 2 is 1.77 bits per heavy atom. The second-order valence-electron chi connectivity index (χ2n) is 7.30. The van der Waals surface area contributed by atoms with Crippen LogP contribution in [-0.4, -0.2) is 39.8 Å². The van der Waals surface area contributed by atoms with Crippen molar-refractivity contribution in [3.8, 4) is 11.5 Å². The van der Waals surface area contributed by atoms with Crippen LogP contribution < -0.4 is 19.1 Å². The highest BCUT2D eigenvalue weighted by Gasteiger charge is 2.30. The fraction of sp³-hybridized carbons (Fsp3) is 0.381. The van der Waals surface area contributed by atoms with Crippen LogP contribution in [0.25, 0.3) is 0 Å². The number of sulfonamides is 1. The van der Waals surface area contributed by atoms with E-state index < -0.39 is 22.0 Å². The Hall–Kier alpha value is -2.45. The van der Waals surface area contributed by atoms with E-state index in [9.17, 15) is 13.2 Å². The molecule has 1 aliphatic rings. The number of rotatable bonds is 6. The Bertz CT molecular complexity index is 1060. The Kier molecular flexibility index (Phi) is 6.47. The summed E-state index contributed by atoms with van der Waals surface area (Å²) in [5.41, 5.74) is 1.98. The topological polar surface area (TPSA) is 84.9 Å². The number of ether oxygens (including phenoxy) is 2. The van der Waals surface area contributed by atoms with Crippen LogP contribution in [0.15, 0.2) is 36.4 Å². The molecule has 3 rings (SSSR count). The quantitative estimate of drug-likeness (QED) is 0.725. The molecule has 7 nitrogen and oxygen atoms in total. The number of anilines is 1. The van der Waals surface area contributed by atoms with Crippen molar-refractivity contribution >= 4 is 33.2 Å². The van der Waals surface area contributed by atoms with E-state index in [1.54, 1.807) is 31.2 Å². The molecule has 2 atom stereocenters. The van der Waals surface area contributed by atoms with Crippen molar-refractivity contribution in [3.05, 3.63) is 52.5 Å². The summed E-state index contributed by atoms with van der Waals surface area (Å²) < 4.78 is 37.1. The first kappa shape index (κ1) is 22.2. The van der Waals surface area contributed by atoms with Crippen molar-refractivity contribution < 1.29 is 22.7 Å². The van der Waals surface area contributed by atoms with Crippen molar-refractivity contribution in [1.82, 2.24) is 5.32 Å². The first-order chi connectivity index (χ1) is 14.1. The smallest absolute Gasteiger partial charge is 0.244 e.